The highest BCUT2D eigenvalue weighted by Crippen LogP contribution is 2.43. The van der Waals surface area contributed by atoms with E-state index in [1.54, 1.807) is 31.4 Å². The smallest absolute Gasteiger partial charge is 0.307 e. The van der Waals surface area contributed by atoms with Crippen LogP contribution in [0.5, 0.6) is 5.75 Å². The zero-order valence-electron chi connectivity index (χ0n) is 15.7. The number of carboxylic acid groups (broad SMARTS) is 1. The molecule has 2 N–H and O–H groups in total. The average Bonchev–Trinajstić information content (AvgIpc) is 3.13. The third kappa shape index (κ3) is 3.97. The predicted molar refractivity (Wildman–Crippen MR) is 104 cm³/mol. The van der Waals surface area contributed by atoms with E-state index in [4.69, 9.17) is 9.84 Å². The molecule has 1 aliphatic carbocycles. The molecule has 3 rings (SSSR count). The van der Waals surface area contributed by atoms with Crippen molar-refractivity contribution in [3.63, 3.8) is 0 Å². The Morgan fingerprint density at radius 3 is 2.56 bits per heavy atom. The summed E-state index contributed by atoms with van der Waals surface area (Å²) in [5.74, 6) is -0.147. The fraction of sp³-hybridized carbons (Fsp3) is 0.364. The number of anilines is 1. The molecule has 5 nitrogen and oxygen atoms in total. The highest BCUT2D eigenvalue weighted by Gasteiger charge is 2.43. The van der Waals surface area contributed by atoms with E-state index >= 15 is 0 Å². The topological polar surface area (TPSA) is 75.6 Å². The van der Waals surface area contributed by atoms with Gasteiger partial charge >= 0.3 is 5.97 Å². The van der Waals surface area contributed by atoms with Crippen molar-refractivity contribution in [2.45, 2.75) is 44.4 Å². The summed E-state index contributed by atoms with van der Waals surface area (Å²) in [6, 6.07) is 13.0. The van der Waals surface area contributed by atoms with Crippen LogP contribution in [-0.2, 0) is 21.4 Å². The van der Waals surface area contributed by atoms with Crippen molar-refractivity contribution >= 4 is 17.6 Å². The zero-order chi connectivity index (χ0) is 19.4. The molecular weight excluding hydrogens is 342 g/mol. The number of rotatable bonds is 6. The minimum atomic E-state index is -0.891. The van der Waals surface area contributed by atoms with Crippen LogP contribution in [-0.4, -0.2) is 24.1 Å². The Hall–Kier alpha value is -2.82. The summed E-state index contributed by atoms with van der Waals surface area (Å²) in [5, 5.41) is 12.0. The van der Waals surface area contributed by atoms with Crippen molar-refractivity contribution in [1.29, 1.82) is 0 Å². The number of hydrogen-bond acceptors (Lipinski definition) is 3. The lowest BCUT2D eigenvalue weighted by Gasteiger charge is -2.29. The van der Waals surface area contributed by atoms with Crippen LogP contribution in [0.4, 0.5) is 5.69 Å². The highest BCUT2D eigenvalue weighted by atomic mass is 16.5. The molecule has 1 fully saturated rings. The van der Waals surface area contributed by atoms with Gasteiger partial charge < -0.3 is 15.2 Å². The predicted octanol–water partition coefficient (Wildman–Crippen LogP) is 4.08. The summed E-state index contributed by atoms with van der Waals surface area (Å²) >= 11 is 0. The molecule has 0 heterocycles. The Balaban J connectivity index is 1.89. The average molecular weight is 367 g/mol. The first-order valence-corrected chi connectivity index (χ1v) is 9.22. The maximum absolute atomic E-state index is 13.3. The molecule has 0 spiro atoms. The van der Waals surface area contributed by atoms with Crippen molar-refractivity contribution in [3.05, 3.63) is 59.2 Å². The van der Waals surface area contributed by atoms with Crippen LogP contribution in [0.2, 0.25) is 0 Å². The van der Waals surface area contributed by atoms with E-state index in [1.807, 2.05) is 25.1 Å². The summed E-state index contributed by atoms with van der Waals surface area (Å²) in [7, 11) is 1.64. The molecule has 2 aromatic rings. The largest absolute Gasteiger partial charge is 0.496 e. The van der Waals surface area contributed by atoms with Crippen molar-refractivity contribution in [2.75, 3.05) is 12.4 Å². The van der Waals surface area contributed by atoms with Crippen LogP contribution in [0.3, 0.4) is 0 Å². The van der Waals surface area contributed by atoms with Gasteiger partial charge in [-0.2, -0.15) is 0 Å². The van der Waals surface area contributed by atoms with Gasteiger partial charge in [0.15, 0.2) is 0 Å². The molecule has 27 heavy (non-hydrogen) atoms. The van der Waals surface area contributed by atoms with Gasteiger partial charge in [-0.15, -0.1) is 0 Å². The van der Waals surface area contributed by atoms with Crippen molar-refractivity contribution in [3.8, 4) is 5.75 Å². The van der Waals surface area contributed by atoms with Gasteiger partial charge in [-0.05, 0) is 54.7 Å². The number of nitrogens with one attached hydrogen (secondary N) is 1. The van der Waals surface area contributed by atoms with Gasteiger partial charge in [0.2, 0.25) is 5.91 Å². The summed E-state index contributed by atoms with van der Waals surface area (Å²) in [6.07, 6.45) is 3.52. The Labute approximate surface area is 159 Å². The Kier molecular flexibility index (Phi) is 5.49. The van der Waals surface area contributed by atoms with E-state index in [2.05, 4.69) is 5.32 Å². The number of carboxylic acids is 1. The van der Waals surface area contributed by atoms with Crippen LogP contribution < -0.4 is 10.1 Å². The van der Waals surface area contributed by atoms with E-state index in [0.29, 0.717) is 11.3 Å². The minimum absolute atomic E-state index is 0.0432. The van der Waals surface area contributed by atoms with Crippen LogP contribution in [0.15, 0.2) is 42.5 Å². The maximum Gasteiger partial charge on any atom is 0.307 e. The van der Waals surface area contributed by atoms with E-state index in [1.165, 1.54) is 0 Å². The van der Waals surface area contributed by atoms with Crippen LogP contribution in [0.25, 0.3) is 0 Å². The van der Waals surface area contributed by atoms with Crippen molar-refractivity contribution < 1.29 is 19.4 Å². The standard InChI is InChI=1S/C22H25NO4/c1-15-8-9-17(14-19(15)27-2)22(10-3-4-11-22)21(26)23-18-7-5-6-16(12-18)13-20(24)25/h5-9,12,14H,3-4,10-11,13H2,1-2H3,(H,23,26)(H,24,25). The molecule has 5 heteroatoms. The van der Waals surface area contributed by atoms with E-state index in [9.17, 15) is 9.59 Å². The summed E-state index contributed by atoms with van der Waals surface area (Å²) in [4.78, 5) is 24.2. The molecule has 2 aromatic carbocycles. The number of carbonyl (C=O) groups is 2. The molecular formula is C22H25NO4. The lowest BCUT2D eigenvalue weighted by molar-refractivity contribution is -0.136. The van der Waals surface area contributed by atoms with Gasteiger partial charge in [0, 0.05) is 5.69 Å². The van der Waals surface area contributed by atoms with Gasteiger partial charge in [-0.3, -0.25) is 9.59 Å². The third-order valence-corrected chi connectivity index (χ3v) is 5.39. The van der Waals surface area contributed by atoms with Crippen LogP contribution in [0.1, 0.15) is 42.4 Å². The number of amides is 1. The van der Waals surface area contributed by atoms with Crippen LogP contribution >= 0.6 is 0 Å². The van der Waals surface area contributed by atoms with Gasteiger partial charge in [0.1, 0.15) is 5.75 Å². The van der Waals surface area contributed by atoms with Gasteiger partial charge in [0.05, 0.1) is 18.9 Å². The van der Waals surface area contributed by atoms with Gasteiger partial charge in [-0.25, -0.2) is 0 Å². The van der Waals surface area contributed by atoms with E-state index in [0.717, 1.165) is 42.6 Å². The molecule has 142 valence electrons. The SMILES string of the molecule is COc1cc(C2(C(=O)Nc3cccc(CC(=O)O)c3)CCCC2)ccc1C. The molecule has 0 radical (unpaired) electrons. The molecule has 0 bridgehead atoms. The van der Waals surface area contributed by atoms with Gasteiger partial charge in [-0.1, -0.05) is 37.1 Å². The summed E-state index contributed by atoms with van der Waals surface area (Å²) < 4.78 is 5.45. The normalized spacial score (nSPS) is 15.3. The quantitative estimate of drug-likeness (QED) is 0.807. The fourth-order valence-electron chi connectivity index (χ4n) is 3.93. The number of aliphatic carboxylic acids is 1. The second-order valence-electron chi connectivity index (χ2n) is 7.20. The lowest BCUT2D eigenvalue weighted by atomic mass is 9.77. The molecule has 0 aliphatic heterocycles. The number of aryl methyl sites for hydroxylation is 1. The lowest BCUT2D eigenvalue weighted by Crippen LogP contribution is -2.38. The fourth-order valence-corrected chi connectivity index (χ4v) is 3.93. The summed E-state index contributed by atoms with van der Waals surface area (Å²) in [6.45, 7) is 1.98. The van der Waals surface area contributed by atoms with Gasteiger partial charge in [0.25, 0.3) is 0 Å². The van der Waals surface area contributed by atoms with Crippen molar-refractivity contribution in [2.24, 2.45) is 0 Å². The minimum Gasteiger partial charge on any atom is -0.496 e. The number of hydrogen-bond donors (Lipinski definition) is 2. The van der Waals surface area contributed by atoms with Crippen molar-refractivity contribution in [1.82, 2.24) is 0 Å². The van der Waals surface area contributed by atoms with E-state index < -0.39 is 11.4 Å². The second-order valence-corrected chi connectivity index (χ2v) is 7.20. The molecule has 1 amide bonds. The maximum atomic E-state index is 13.3. The first kappa shape index (κ1) is 19.0. The highest BCUT2D eigenvalue weighted by molar-refractivity contribution is 5.99. The first-order valence-electron chi connectivity index (χ1n) is 9.22. The Morgan fingerprint density at radius 2 is 1.89 bits per heavy atom. The third-order valence-electron chi connectivity index (χ3n) is 5.39. The molecule has 0 unspecified atom stereocenters. The molecule has 1 aliphatic rings. The number of ether oxygens (including phenoxy) is 1. The molecule has 0 aromatic heterocycles. The Bertz CT molecular complexity index is 853. The molecule has 1 saturated carbocycles. The summed E-state index contributed by atoms with van der Waals surface area (Å²) in [5.41, 5.74) is 2.73. The second kappa shape index (κ2) is 7.82. The first-order chi connectivity index (χ1) is 12.9. The number of carbonyl (C=O) groups excluding carboxylic acids is 1. The monoisotopic (exact) mass is 367 g/mol. The zero-order valence-corrected chi connectivity index (χ0v) is 15.7. The van der Waals surface area contributed by atoms with E-state index in [-0.39, 0.29) is 12.3 Å². The van der Waals surface area contributed by atoms with Crippen LogP contribution in [0, 0.1) is 6.92 Å². The molecule has 0 atom stereocenters. The Morgan fingerprint density at radius 1 is 1.15 bits per heavy atom. The number of methoxy groups -OCH3 is 1. The molecule has 0 saturated heterocycles. The number of benzene rings is 2.